The van der Waals surface area contributed by atoms with Gasteiger partial charge in [0.2, 0.25) is 11.8 Å². The van der Waals surface area contributed by atoms with Crippen LogP contribution in [0.1, 0.15) is 57.1 Å². The SMILES string of the molecule is CC(=O)NC(O)(C(Cc1ccccc1)N1C(=O)C(C2CCCCC2)N(C(C)=O)C=C1c1ccccc1)C(F)(F)F. The van der Waals surface area contributed by atoms with E-state index in [1.165, 1.54) is 18.0 Å². The fourth-order valence-electron chi connectivity index (χ4n) is 5.84. The van der Waals surface area contributed by atoms with Crippen LogP contribution >= 0.6 is 0 Å². The smallest absolute Gasteiger partial charge is 0.362 e. The number of hydrogen-bond donors (Lipinski definition) is 2. The van der Waals surface area contributed by atoms with Gasteiger partial charge in [-0.2, -0.15) is 13.2 Å². The van der Waals surface area contributed by atoms with Gasteiger partial charge in [-0.15, -0.1) is 0 Å². The Labute approximate surface area is 231 Å². The second-order valence-corrected chi connectivity index (χ2v) is 10.5. The molecule has 10 heteroatoms. The average molecular weight is 558 g/mol. The van der Waals surface area contributed by atoms with Crippen LogP contribution in [0.5, 0.6) is 0 Å². The van der Waals surface area contributed by atoms with E-state index in [-0.39, 0.29) is 11.6 Å². The monoisotopic (exact) mass is 557 g/mol. The second kappa shape index (κ2) is 11.8. The fraction of sp³-hybridized carbons (Fsp3) is 0.433. The van der Waals surface area contributed by atoms with Gasteiger partial charge in [0, 0.05) is 20.0 Å². The summed E-state index contributed by atoms with van der Waals surface area (Å²) in [7, 11) is 0. The highest BCUT2D eigenvalue weighted by Crippen LogP contribution is 2.42. The number of rotatable bonds is 7. The summed E-state index contributed by atoms with van der Waals surface area (Å²) in [5.74, 6) is -2.51. The highest BCUT2D eigenvalue weighted by atomic mass is 19.4. The first kappa shape index (κ1) is 29.3. The van der Waals surface area contributed by atoms with E-state index in [4.69, 9.17) is 0 Å². The molecule has 0 aromatic heterocycles. The molecule has 2 aliphatic rings. The van der Waals surface area contributed by atoms with E-state index in [1.54, 1.807) is 66.0 Å². The minimum atomic E-state index is -5.35. The van der Waals surface area contributed by atoms with Crippen molar-refractivity contribution in [3.05, 3.63) is 78.0 Å². The lowest BCUT2D eigenvalue weighted by Gasteiger charge is -2.49. The van der Waals surface area contributed by atoms with Crippen molar-refractivity contribution < 1.29 is 32.7 Å². The molecular formula is C30H34F3N3O4. The van der Waals surface area contributed by atoms with Crippen LogP contribution in [0.4, 0.5) is 13.2 Å². The molecule has 1 fully saturated rings. The normalized spacial score (nSPS) is 20.9. The number of halogens is 3. The lowest BCUT2D eigenvalue weighted by molar-refractivity contribution is -0.287. The van der Waals surface area contributed by atoms with Crippen LogP contribution in [-0.2, 0) is 20.8 Å². The Hall–Kier alpha value is -3.66. The lowest BCUT2D eigenvalue weighted by Crippen LogP contribution is -2.72. The van der Waals surface area contributed by atoms with Gasteiger partial charge in [0.1, 0.15) is 6.04 Å². The first-order chi connectivity index (χ1) is 18.9. The Kier molecular flexibility index (Phi) is 8.68. The molecule has 40 heavy (non-hydrogen) atoms. The summed E-state index contributed by atoms with van der Waals surface area (Å²) in [5.41, 5.74) is -2.96. The number of hydrogen-bond acceptors (Lipinski definition) is 4. The Morgan fingerprint density at radius 2 is 1.55 bits per heavy atom. The van der Waals surface area contributed by atoms with Crippen molar-refractivity contribution in [3.8, 4) is 0 Å². The highest BCUT2D eigenvalue weighted by molar-refractivity contribution is 5.97. The number of carbonyl (C=O) groups is 3. The molecule has 214 valence electrons. The van der Waals surface area contributed by atoms with Gasteiger partial charge in [0.05, 0.1) is 11.7 Å². The molecule has 3 unspecified atom stereocenters. The zero-order valence-corrected chi connectivity index (χ0v) is 22.5. The van der Waals surface area contributed by atoms with E-state index >= 15 is 0 Å². The van der Waals surface area contributed by atoms with E-state index in [2.05, 4.69) is 0 Å². The van der Waals surface area contributed by atoms with Crippen LogP contribution in [0.3, 0.4) is 0 Å². The summed E-state index contributed by atoms with van der Waals surface area (Å²) in [5, 5.41) is 13.1. The maximum atomic E-state index is 14.8. The number of carbonyl (C=O) groups excluding carboxylic acids is 3. The lowest BCUT2D eigenvalue weighted by atomic mass is 9.80. The molecule has 1 heterocycles. The fourth-order valence-corrected chi connectivity index (χ4v) is 5.84. The van der Waals surface area contributed by atoms with Gasteiger partial charge in [-0.1, -0.05) is 79.9 Å². The number of nitrogens with zero attached hydrogens (tertiary/aromatic N) is 2. The van der Waals surface area contributed by atoms with Crippen LogP contribution in [0.2, 0.25) is 0 Å². The zero-order valence-electron chi connectivity index (χ0n) is 22.5. The molecule has 2 N–H and O–H groups in total. The minimum Gasteiger partial charge on any atom is -0.362 e. The van der Waals surface area contributed by atoms with E-state index in [0.29, 0.717) is 24.0 Å². The van der Waals surface area contributed by atoms with Crippen LogP contribution in [0.25, 0.3) is 5.70 Å². The molecule has 0 radical (unpaired) electrons. The van der Waals surface area contributed by atoms with Crippen molar-refractivity contribution >= 4 is 23.4 Å². The first-order valence-corrected chi connectivity index (χ1v) is 13.4. The van der Waals surface area contributed by atoms with Gasteiger partial charge in [0.25, 0.3) is 11.6 Å². The van der Waals surface area contributed by atoms with Crippen molar-refractivity contribution in [2.45, 2.75) is 76.4 Å². The topological polar surface area (TPSA) is 89.9 Å². The van der Waals surface area contributed by atoms with E-state index in [1.807, 2.05) is 0 Å². The summed E-state index contributed by atoms with van der Waals surface area (Å²) in [6.45, 7) is 2.20. The van der Waals surface area contributed by atoms with Crippen molar-refractivity contribution in [2.75, 3.05) is 0 Å². The van der Waals surface area contributed by atoms with Gasteiger partial charge in [0.15, 0.2) is 0 Å². The zero-order chi connectivity index (χ0) is 29.1. The molecule has 1 aliphatic heterocycles. The Bertz CT molecular complexity index is 1250. The van der Waals surface area contributed by atoms with E-state index in [9.17, 15) is 32.7 Å². The largest absolute Gasteiger partial charge is 0.438 e. The number of amides is 3. The molecule has 0 spiro atoms. The summed E-state index contributed by atoms with van der Waals surface area (Å²) >= 11 is 0. The second-order valence-electron chi connectivity index (χ2n) is 10.5. The quantitative estimate of drug-likeness (QED) is 0.486. The highest BCUT2D eigenvalue weighted by Gasteiger charge is 2.63. The van der Waals surface area contributed by atoms with Crippen LogP contribution in [0, 0.1) is 5.92 Å². The van der Waals surface area contributed by atoms with E-state index < -0.39 is 48.1 Å². The third-order valence-corrected chi connectivity index (χ3v) is 7.71. The molecular weight excluding hydrogens is 523 g/mol. The third-order valence-electron chi connectivity index (χ3n) is 7.71. The van der Waals surface area contributed by atoms with Gasteiger partial charge in [-0.25, -0.2) is 0 Å². The van der Waals surface area contributed by atoms with Crippen molar-refractivity contribution in [3.63, 3.8) is 0 Å². The standard InChI is InChI=1S/C30H34F3N3O4/c1-20(37)34-29(40,30(31,32)33)26(18-22-12-6-3-7-13-22)36-25(23-14-8-4-9-15-23)19-35(21(2)38)27(28(36)39)24-16-10-5-11-17-24/h3-4,6-9,12-15,19,24,26-27,40H,5,10-11,16-18H2,1-2H3,(H,34,37). The maximum absolute atomic E-state index is 14.8. The van der Waals surface area contributed by atoms with Crippen molar-refractivity contribution in [1.82, 2.24) is 15.1 Å². The predicted octanol–water partition coefficient (Wildman–Crippen LogP) is 4.62. The molecule has 0 bridgehead atoms. The predicted molar refractivity (Wildman–Crippen MR) is 143 cm³/mol. The van der Waals surface area contributed by atoms with Crippen LogP contribution < -0.4 is 5.32 Å². The Morgan fingerprint density at radius 3 is 2.08 bits per heavy atom. The number of aliphatic hydroxyl groups is 1. The van der Waals surface area contributed by atoms with Crippen molar-refractivity contribution in [1.29, 1.82) is 0 Å². The molecule has 7 nitrogen and oxygen atoms in total. The molecule has 1 saturated carbocycles. The number of nitrogens with one attached hydrogen (secondary N) is 1. The minimum absolute atomic E-state index is 0.0295. The molecule has 4 rings (SSSR count). The van der Waals surface area contributed by atoms with E-state index in [0.717, 1.165) is 31.1 Å². The molecule has 1 aliphatic carbocycles. The summed E-state index contributed by atoms with van der Waals surface area (Å²) in [6.07, 6.45) is -0.437. The van der Waals surface area contributed by atoms with Crippen LogP contribution in [-0.4, -0.2) is 56.6 Å². The van der Waals surface area contributed by atoms with Gasteiger partial charge >= 0.3 is 6.18 Å². The maximum Gasteiger partial charge on any atom is 0.438 e. The molecule has 2 aromatic rings. The van der Waals surface area contributed by atoms with Crippen LogP contribution in [0.15, 0.2) is 66.9 Å². The Morgan fingerprint density at radius 1 is 0.975 bits per heavy atom. The number of benzene rings is 2. The van der Waals surface area contributed by atoms with Gasteiger partial charge in [-0.05, 0) is 36.3 Å². The molecule has 2 aromatic carbocycles. The first-order valence-electron chi connectivity index (χ1n) is 13.4. The Balaban J connectivity index is 1.97. The summed E-state index contributed by atoms with van der Waals surface area (Å²) < 4.78 is 44.4. The molecule has 3 atom stereocenters. The van der Waals surface area contributed by atoms with Gasteiger partial charge < -0.3 is 15.3 Å². The molecule has 3 amide bonds. The third kappa shape index (κ3) is 5.91. The summed E-state index contributed by atoms with van der Waals surface area (Å²) in [6, 6.07) is 13.4. The van der Waals surface area contributed by atoms with Gasteiger partial charge in [-0.3, -0.25) is 19.3 Å². The summed E-state index contributed by atoms with van der Waals surface area (Å²) in [4.78, 5) is 41.8. The molecule has 0 saturated heterocycles. The van der Waals surface area contributed by atoms with Crippen molar-refractivity contribution in [2.24, 2.45) is 5.92 Å². The average Bonchev–Trinajstić information content (AvgIpc) is 2.92. The number of alkyl halides is 3.